The van der Waals surface area contributed by atoms with E-state index in [1.54, 1.807) is 98.0 Å². The molecule has 5 aromatic rings. The van der Waals surface area contributed by atoms with Gasteiger partial charge in [0.05, 0.1) is 27.6 Å². The van der Waals surface area contributed by atoms with E-state index < -0.39 is 42.4 Å². The fourth-order valence-corrected chi connectivity index (χ4v) is 6.01. The number of anilines is 1. The number of nitriles is 1. The van der Waals surface area contributed by atoms with Crippen molar-refractivity contribution in [2.24, 2.45) is 5.84 Å². The Morgan fingerprint density at radius 2 is 1.40 bits per heavy atom. The molecule has 1 aliphatic rings. The van der Waals surface area contributed by atoms with Gasteiger partial charge in [0.1, 0.15) is 35.4 Å². The molecule has 0 amide bonds. The van der Waals surface area contributed by atoms with Gasteiger partial charge < -0.3 is 18.9 Å². The molecule has 6 rings (SSSR count). The number of hydrogen-bond acceptors (Lipinski definition) is 12. The quantitative estimate of drug-likeness (QED) is 0.0978. The number of hydrogen-bond donors (Lipinski definition) is 1. The number of hydrazine groups is 1. The zero-order chi connectivity index (χ0) is 33.8. The van der Waals surface area contributed by atoms with Crippen LogP contribution in [0.15, 0.2) is 102 Å². The highest BCUT2D eigenvalue weighted by Crippen LogP contribution is 2.42. The van der Waals surface area contributed by atoms with Gasteiger partial charge in [-0.2, -0.15) is 5.26 Å². The third-order valence-electron chi connectivity index (χ3n) is 7.58. The van der Waals surface area contributed by atoms with Gasteiger partial charge >= 0.3 is 17.9 Å². The van der Waals surface area contributed by atoms with Crippen LogP contribution in [0.1, 0.15) is 42.9 Å². The molecule has 0 saturated carbocycles. The smallest absolute Gasteiger partial charge is 0.338 e. The minimum atomic E-state index is -1.33. The topological polar surface area (TPSA) is 172 Å². The normalized spacial score (nSPS) is 18.5. The van der Waals surface area contributed by atoms with Gasteiger partial charge in [0.15, 0.2) is 24.3 Å². The van der Waals surface area contributed by atoms with E-state index in [1.807, 2.05) is 0 Å². The van der Waals surface area contributed by atoms with Crippen molar-refractivity contribution in [2.75, 3.05) is 18.7 Å². The van der Waals surface area contributed by atoms with Crippen molar-refractivity contribution < 1.29 is 33.3 Å². The first-order valence-electron chi connectivity index (χ1n) is 14.6. The summed E-state index contributed by atoms with van der Waals surface area (Å²) in [4.78, 5) is 48.7. The molecule has 3 aromatic carbocycles. The van der Waals surface area contributed by atoms with Crippen LogP contribution < -0.4 is 10.9 Å². The molecule has 2 aromatic heterocycles. The summed E-state index contributed by atoms with van der Waals surface area (Å²) in [5.41, 5.74) is 1.10. The van der Waals surface area contributed by atoms with Crippen LogP contribution in [0.4, 0.5) is 5.82 Å². The highest BCUT2D eigenvalue weighted by Gasteiger charge is 2.52. The number of halogens is 1. The number of esters is 3. The molecule has 14 heteroatoms. The first-order chi connectivity index (χ1) is 23.3. The average Bonchev–Trinajstić information content (AvgIpc) is 3.59. The van der Waals surface area contributed by atoms with E-state index in [-0.39, 0.29) is 39.4 Å². The van der Waals surface area contributed by atoms with E-state index in [1.165, 1.54) is 15.9 Å². The van der Waals surface area contributed by atoms with Crippen LogP contribution >= 0.6 is 15.9 Å². The summed E-state index contributed by atoms with van der Waals surface area (Å²) in [6, 6.07) is 27.0. The monoisotopic (exact) mass is 710 g/mol. The van der Waals surface area contributed by atoms with Crippen molar-refractivity contribution in [1.29, 1.82) is 5.26 Å². The molecule has 242 valence electrons. The van der Waals surface area contributed by atoms with Gasteiger partial charge in [-0.15, -0.1) is 0 Å². The summed E-state index contributed by atoms with van der Waals surface area (Å²) < 4.78 is 25.9. The minimum Gasteiger partial charge on any atom is -0.459 e. The molecule has 0 bridgehead atoms. The summed E-state index contributed by atoms with van der Waals surface area (Å²) in [5, 5.41) is 11.7. The van der Waals surface area contributed by atoms with Crippen molar-refractivity contribution in [3.05, 3.63) is 124 Å². The Bertz CT molecular complexity index is 2000. The van der Waals surface area contributed by atoms with E-state index in [0.717, 1.165) is 0 Å². The maximum Gasteiger partial charge on any atom is 0.338 e. The molecule has 2 N–H and O–H groups in total. The van der Waals surface area contributed by atoms with E-state index >= 15 is 0 Å². The van der Waals surface area contributed by atoms with Gasteiger partial charge in [-0.3, -0.25) is 9.58 Å². The first-order valence-corrected chi connectivity index (χ1v) is 15.4. The molecule has 1 aliphatic heterocycles. The molecular weight excluding hydrogens is 684 g/mol. The lowest BCUT2D eigenvalue weighted by Gasteiger charge is -2.25. The van der Waals surface area contributed by atoms with E-state index in [9.17, 15) is 19.6 Å². The highest BCUT2D eigenvalue weighted by atomic mass is 79.9. The number of carbonyl (C=O) groups excluding carboxylic acids is 3. The average molecular weight is 712 g/mol. The lowest BCUT2D eigenvalue weighted by Crippen LogP contribution is -2.41. The number of aromatic nitrogens is 3. The molecule has 0 aliphatic carbocycles. The van der Waals surface area contributed by atoms with Crippen LogP contribution in [0.2, 0.25) is 0 Å². The molecule has 13 nitrogen and oxygen atoms in total. The Morgan fingerprint density at radius 1 is 0.875 bits per heavy atom. The van der Waals surface area contributed by atoms with Crippen molar-refractivity contribution in [2.45, 2.75) is 24.5 Å². The Kier molecular flexibility index (Phi) is 9.44. The third-order valence-corrected chi connectivity index (χ3v) is 8.36. The van der Waals surface area contributed by atoms with Crippen LogP contribution in [-0.4, -0.2) is 64.4 Å². The van der Waals surface area contributed by atoms with E-state index in [0.29, 0.717) is 10.9 Å². The Morgan fingerprint density at radius 3 is 1.92 bits per heavy atom. The molecular formula is C34H27BrN6O7. The number of carbonyl (C=O) groups is 3. The van der Waals surface area contributed by atoms with Gasteiger partial charge in [-0.1, -0.05) is 54.6 Å². The molecule has 4 atom stereocenters. The number of ether oxygens (including phenoxy) is 4. The van der Waals surface area contributed by atoms with Gasteiger partial charge in [-0.25, -0.2) is 30.2 Å². The Balaban J connectivity index is 1.46. The second-order valence-electron chi connectivity index (χ2n) is 10.7. The van der Waals surface area contributed by atoms with Gasteiger partial charge in [-0.05, 0) is 52.3 Å². The van der Waals surface area contributed by atoms with E-state index in [2.05, 4.69) is 32.0 Å². The fraction of sp³-hybridized carbons (Fsp3) is 0.176. The molecule has 1 fully saturated rings. The SMILES string of the molecule is CN(N)c1ncnc2c1c(C#N)c(Br)n2[C@@H]1O[C@H](COC(=O)c2ccccc2)[C@@H](OC(=O)c2ccccc2)[C@H]1OC(=O)c1ccccc1. The van der Waals surface area contributed by atoms with E-state index in [4.69, 9.17) is 24.8 Å². The molecule has 0 radical (unpaired) electrons. The van der Waals surface area contributed by atoms with Crippen molar-refractivity contribution in [1.82, 2.24) is 14.5 Å². The number of nitrogens with two attached hydrogens (primary N) is 1. The zero-order valence-corrected chi connectivity index (χ0v) is 26.9. The summed E-state index contributed by atoms with van der Waals surface area (Å²) in [7, 11) is 1.56. The number of rotatable bonds is 9. The van der Waals surface area contributed by atoms with Gasteiger partial charge in [0.25, 0.3) is 0 Å². The number of benzene rings is 3. The maximum atomic E-state index is 13.6. The third kappa shape index (κ3) is 6.34. The highest BCUT2D eigenvalue weighted by molar-refractivity contribution is 9.10. The largest absolute Gasteiger partial charge is 0.459 e. The predicted molar refractivity (Wildman–Crippen MR) is 174 cm³/mol. The molecule has 0 unspecified atom stereocenters. The lowest BCUT2D eigenvalue weighted by atomic mass is 10.1. The van der Waals surface area contributed by atoms with Crippen LogP contribution in [0.25, 0.3) is 11.0 Å². The maximum absolute atomic E-state index is 13.6. The number of fused-ring (bicyclic) bond motifs is 1. The standard InChI is InChI=1S/C34H27BrN6O7/c1-40(37)29-25-23(17-36)28(35)41(30(25)39-19-38-29)31-27(48-34(44)22-15-9-4-10-16-22)26(47-33(43)21-13-7-3-8-14-21)24(46-31)18-45-32(42)20-11-5-2-6-12-20/h2-16,19,24,26-27,31H,18,37H2,1H3/t24-,26-,27-,31-/m1/s1. The minimum absolute atomic E-state index is 0.131. The van der Waals surface area contributed by atoms with Crippen molar-refractivity contribution in [3.63, 3.8) is 0 Å². The van der Waals surface area contributed by atoms with Gasteiger partial charge in [0.2, 0.25) is 0 Å². The molecule has 3 heterocycles. The zero-order valence-electron chi connectivity index (χ0n) is 25.3. The lowest BCUT2D eigenvalue weighted by molar-refractivity contribution is -0.0612. The van der Waals surface area contributed by atoms with Crippen LogP contribution in [0.5, 0.6) is 0 Å². The summed E-state index contributed by atoms with van der Waals surface area (Å²) >= 11 is 3.51. The molecule has 0 spiro atoms. The van der Waals surface area contributed by atoms with Crippen molar-refractivity contribution in [3.8, 4) is 6.07 Å². The molecule has 48 heavy (non-hydrogen) atoms. The second-order valence-corrected chi connectivity index (χ2v) is 11.4. The Hall–Kier alpha value is -5.62. The Labute approximate surface area is 282 Å². The van der Waals surface area contributed by atoms with Crippen LogP contribution in [0, 0.1) is 11.3 Å². The van der Waals surface area contributed by atoms with Gasteiger partial charge in [0, 0.05) is 7.05 Å². The van der Waals surface area contributed by atoms with Crippen LogP contribution in [0.3, 0.4) is 0 Å². The first kappa shape index (κ1) is 32.3. The summed E-state index contributed by atoms with van der Waals surface area (Å²) in [6.07, 6.45) is -3.77. The fourth-order valence-electron chi connectivity index (χ4n) is 5.36. The van der Waals surface area contributed by atoms with Crippen molar-refractivity contribution >= 4 is 50.7 Å². The molecule has 1 saturated heterocycles. The predicted octanol–water partition coefficient (Wildman–Crippen LogP) is 4.58. The number of nitrogens with zero attached hydrogens (tertiary/aromatic N) is 5. The summed E-state index contributed by atoms with van der Waals surface area (Å²) in [5.74, 6) is 4.18. The second kappa shape index (κ2) is 14.0. The van der Waals surface area contributed by atoms with Crippen LogP contribution in [-0.2, 0) is 18.9 Å². The summed E-state index contributed by atoms with van der Waals surface area (Å²) in [6.45, 7) is -0.385.